The standard InChI is InChI=1S/C21H46N2/c1-16(2)13-18(5,6)22-20(9,10)15-21(11,12)23-19(7,8)14-17(3)4/h16-17,22-23H,13-15H2,1-12H3. The lowest BCUT2D eigenvalue weighted by Gasteiger charge is -2.45. The molecule has 0 bridgehead atoms. The zero-order valence-electron chi connectivity index (χ0n) is 18.3. The molecule has 23 heavy (non-hydrogen) atoms. The van der Waals surface area contributed by atoms with Gasteiger partial charge in [0.15, 0.2) is 0 Å². The lowest BCUT2D eigenvalue weighted by molar-refractivity contribution is 0.153. The van der Waals surface area contributed by atoms with E-state index in [-0.39, 0.29) is 22.2 Å². The Hall–Kier alpha value is -0.0800. The first-order chi connectivity index (χ1) is 9.95. The molecule has 0 rings (SSSR count). The summed E-state index contributed by atoms with van der Waals surface area (Å²) >= 11 is 0. The minimum absolute atomic E-state index is 0.100. The van der Waals surface area contributed by atoms with Crippen molar-refractivity contribution >= 4 is 0 Å². The van der Waals surface area contributed by atoms with Crippen LogP contribution in [0.3, 0.4) is 0 Å². The van der Waals surface area contributed by atoms with E-state index >= 15 is 0 Å². The third-order valence-corrected chi connectivity index (χ3v) is 4.07. The number of nitrogens with one attached hydrogen (secondary N) is 2. The van der Waals surface area contributed by atoms with Crippen molar-refractivity contribution in [3.05, 3.63) is 0 Å². The molecule has 0 spiro atoms. The molecule has 0 fully saturated rings. The fourth-order valence-electron chi connectivity index (χ4n) is 5.17. The molecule has 0 atom stereocenters. The van der Waals surface area contributed by atoms with E-state index in [1.807, 2.05) is 0 Å². The quantitative estimate of drug-likeness (QED) is 0.533. The summed E-state index contributed by atoms with van der Waals surface area (Å²) in [5, 5.41) is 7.81. The van der Waals surface area contributed by atoms with E-state index in [0.29, 0.717) is 11.8 Å². The maximum absolute atomic E-state index is 3.91. The zero-order chi connectivity index (χ0) is 18.7. The Kier molecular flexibility index (Phi) is 7.84. The Labute approximate surface area is 147 Å². The average Bonchev–Trinajstić information content (AvgIpc) is 2.02. The van der Waals surface area contributed by atoms with Gasteiger partial charge in [-0.05, 0) is 86.5 Å². The summed E-state index contributed by atoms with van der Waals surface area (Å²) in [5.74, 6) is 1.42. The molecule has 2 nitrogen and oxygen atoms in total. The van der Waals surface area contributed by atoms with Crippen LogP contribution in [0, 0.1) is 11.8 Å². The van der Waals surface area contributed by atoms with Gasteiger partial charge in [-0.1, -0.05) is 27.7 Å². The molecule has 2 N–H and O–H groups in total. The molecular formula is C21H46N2. The molecule has 0 aliphatic heterocycles. The first-order valence-electron chi connectivity index (χ1n) is 9.54. The summed E-state index contributed by atoms with van der Waals surface area (Å²) in [6.07, 6.45) is 3.50. The Balaban J connectivity index is 4.85. The minimum Gasteiger partial charge on any atom is -0.307 e. The minimum atomic E-state index is 0.100. The Morgan fingerprint density at radius 1 is 0.522 bits per heavy atom. The van der Waals surface area contributed by atoms with E-state index in [0.717, 1.165) is 6.42 Å². The van der Waals surface area contributed by atoms with Crippen LogP contribution >= 0.6 is 0 Å². The second kappa shape index (κ2) is 7.87. The van der Waals surface area contributed by atoms with Gasteiger partial charge in [0.25, 0.3) is 0 Å². The molecule has 0 aromatic heterocycles. The van der Waals surface area contributed by atoms with Crippen molar-refractivity contribution in [3.8, 4) is 0 Å². The molecule has 0 saturated heterocycles. The third kappa shape index (κ3) is 11.2. The van der Waals surface area contributed by atoms with Crippen molar-refractivity contribution in [2.24, 2.45) is 11.8 Å². The molecule has 0 unspecified atom stereocenters. The van der Waals surface area contributed by atoms with Crippen molar-refractivity contribution in [3.63, 3.8) is 0 Å². The van der Waals surface area contributed by atoms with E-state index in [2.05, 4.69) is 93.7 Å². The van der Waals surface area contributed by atoms with Gasteiger partial charge in [0, 0.05) is 22.2 Å². The Morgan fingerprint density at radius 2 is 0.783 bits per heavy atom. The van der Waals surface area contributed by atoms with Crippen LogP contribution in [0.25, 0.3) is 0 Å². The molecule has 0 radical (unpaired) electrons. The highest BCUT2D eigenvalue weighted by atomic mass is 15.1. The van der Waals surface area contributed by atoms with Gasteiger partial charge in [-0.3, -0.25) is 0 Å². The van der Waals surface area contributed by atoms with Gasteiger partial charge in [0.1, 0.15) is 0 Å². The molecule has 0 amide bonds. The van der Waals surface area contributed by atoms with Gasteiger partial charge in [-0.15, -0.1) is 0 Å². The van der Waals surface area contributed by atoms with Crippen molar-refractivity contribution < 1.29 is 0 Å². The average molecular weight is 327 g/mol. The van der Waals surface area contributed by atoms with Crippen molar-refractivity contribution in [1.29, 1.82) is 0 Å². The zero-order valence-corrected chi connectivity index (χ0v) is 18.3. The molecular weight excluding hydrogens is 280 g/mol. The van der Waals surface area contributed by atoms with E-state index < -0.39 is 0 Å². The summed E-state index contributed by atoms with van der Waals surface area (Å²) < 4.78 is 0. The fourth-order valence-corrected chi connectivity index (χ4v) is 5.17. The van der Waals surface area contributed by atoms with Gasteiger partial charge in [-0.25, -0.2) is 0 Å². The van der Waals surface area contributed by atoms with Crippen LogP contribution in [0.2, 0.25) is 0 Å². The van der Waals surface area contributed by atoms with Crippen molar-refractivity contribution in [2.45, 2.75) is 125 Å². The predicted octanol–water partition coefficient (Wildman–Crippen LogP) is 5.76. The van der Waals surface area contributed by atoms with Gasteiger partial charge in [0.2, 0.25) is 0 Å². The van der Waals surface area contributed by atoms with Crippen LogP contribution in [-0.4, -0.2) is 22.2 Å². The highest BCUT2D eigenvalue weighted by Gasteiger charge is 2.36. The molecule has 140 valence electrons. The molecule has 0 saturated carbocycles. The normalized spacial score (nSPS) is 14.9. The first-order valence-corrected chi connectivity index (χ1v) is 9.54. The summed E-state index contributed by atoms with van der Waals surface area (Å²) in [5.41, 5.74) is 0.536. The molecule has 0 aliphatic carbocycles. The summed E-state index contributed by atoms with van der Waals surface area (Å²) in [6.45, 7) is 27.9. The van der Waals surface area contributed by atoms with Crippen LogP contribution in [0.4, 0.5) is 0 Å². The second-order valence-electron chi connectivity index (χ2n) is 11.2. The highest BCUT2D eigenvalue weighted by Crippen LogP contribution is 2.28. The van der Waals surface area contributed by atoms with Crippen LogP contribution in [-0.2, 0) is 0 Å². The van der Waals surface area contributed by atoms with Gasteiger partial charge in [0.05, 0.1) is 0 Å². The molecule has 0 heterocycles. The van der Waals surface area contributed by atoms with Crippen LogP contribution in [0.1, 0.15) is 102 Å². The lowest BCUT2D eigenvalue weighted by atomic mass is 9.81. The summed E-state index contributed by atoms with van der Waals surface area (Å²) in [4.78, 5) is 0. The number of hydrogen-bond acceptors (Lipinski definition) is 2. The van der Waals surface area contributed by atoms with Crippen LogP contribution in [0.5, 0.6) is 0 Å². The Morgan fingerprint density at radius 3 is 1.00 bits per heavy atom. The van der Waals surface area contributed by atoms with Crippen LogP contribution < -0.4 is 10.6 Å². The van der Waals surface area contributed by atoms with Crippen molar-refractivity contribution in [2.75, 3.05) is 0 Å². The second-order valence-corrected chi connectivity index (χ2v) is 11.2. The van der Waals surface area contributed by atoms with E-state index in [4.69, 9.17) is 0 Å². The first kappa shape index (κ1) is 22.9. The SMILES string of the molecule is CC(C)CC(C)(C)NC(C)(C)CC(C)(C)NC(C)(C)CC(C)C. The van der Waals surface area contributed by atoms with Gasteiger partial charge in [-0.2, -0.15) is 0 Å². The highest BCUT2D eigenvalue weighted by molar-refractivity contribution is 4.97. The third-order valence-electron chi connectivity index (χ3n) is 4.07. The number of rotatable bonds is 10. The summed E-state index contributed by atoms with van der Waals surface area (Å²) in [7, 11) is 0. The largest absolute Gasteiger partial charge is 0.307 e. The Bertz CT molecular complexity index is 315. The smallest absolute Gasteiger partial charge is 0.0147 e. The maximum Gasteiger partial charge on any atom is 0.0147 e. The molecule has 0 aliphatic rings. The lowest BCUT2D eigenvalue weighted by Crippen LogP contribution is -2.60. The van der Waals surface area contributed by atoms with Gasteiger partial charge < -0.3 is 10.6 Å². The predicted molar refractivity (Wildman–Crippen MR) is 106 cm³/mol. The van der Waals surface area contributed by atoms with Gasteiger partial charge >= 0.3 is 0 Å². The topological polar surface area (TPSA) is 24.1 Å². The fraction of sp³-hybridized carbons (Fsp3) is 1.00. The molecule has 2 heteroatoms. The van der Waals surface area contributed by atoms with E-state index in [1.165, 1.54) is 12.8 Å². The van der Waals surface area contributed by atoms with E-state index in [1.54, 1.807) is 0 Å². The van der Waals surface area contributed by atoms with Crippen molar-refractivity contribution in [1.82, 2.24) is 10.6 Å². The van der Waals surface area contributed by atoms with E-state index in [9.17, 15) is 0 Å². The molecule has 0 aromatic carbocycles. The molecule has 0 aromatic rings. The summed E-state index contributed by atoms with van der Waals surface area (Å²) in [6, 6.07) is 0. The maximum atomic E-state index is 3.91. The van der Waals surface area contributed by atoms with Crippen LogP contribution in [0.15, 0.2) is 0 Å². The number of hydrogen-bond donors (Lipinski definition) is 2. The monoisotopic (exact) mass is 326 g/mol.